The molecule has 0 saturated heterocycles. The molecule has 128 valence electrons. The summed E-state index contributed by atoms with van der Waals surface area (Å²) in [5.41, 5.74) is 3.37. The number of carbonyl (C=O) groups is 1. The van der Waals surface area contributed by atoms with Gasteiger partial charge in [-0.25, -0.2) is 13.5 Å². The molecule has 24 heavy (non-hydrogen) atoms. The first-order chi connectivity index (χ1) is 11.3. The first-order valence-corrected chi connectivity index (χ1v) is 9.35. The Kier molecular flexibility index (Phi) is 4.16. The lowest BCUT2D eigenvalue weighted by atomic mass is 10.1. The maximum absolute atomic E-state index is 12.5. The molecule has 0 radical (unpaired) electrons. The van der Waals surface area contributed by atoms with Gasteiger partial charge in [-0.2, -0.15) is 10.1 Å². The van der Waals surface area contributed by atoms with E-state index < -0.39 is 21.0 Å². The second-order valence-electron chi connectivity index (χ2n) is 6.22. The molecule has 8 heteroatoms. The van der Waals surface area contributed by atoms with Crippen LogP contribution in [0.15, 0.2) is 23.4 Å². The van der Waals surface area contributed by atoms with Crippen molar-refractivity contribution in [1.29, 1.82) is 0 Å². The number of hydrogen-bond donors (Lipinski definition) is 1. The smallest absolute Gasteiger partial charge is 0.244 e. The van der Waals surface area contributed by atoms with E-state index in [1.54, 1.807) is 0 Å². The van der Waals surface area contributed by atoms with Crippen LogP contribution in [-0.2, 0) is 27.5 Å². The lowest BCUT2D eigenvalue weighted by molar-refractivity contribution is -0.127. The van der Waals surface area contributed by atoms with Gasteiger partial charge in [0.1, 0.15) is 5.25 Å². The monoisotopic (exact) mass is 348 g/mol. The van der Waals surface area contributed by atoms with E-state index in [4.69, 9.17) is 0 Å². The number of sulfone groups is 1. The Morgan fingerprint density at radius 3 is 2.67 bits per heavy atom. The molecule has 1 aromatic heterocycles. The summed E-state index contributed by atoms with van der Waals surface area (Å²) in [5, 5.41) is 5.00. The van der Waals surface area contributed by atoms with Gasteiger partial charge in [-0.1, -0.05) is 12.1 Å². The zero-order chi connectivity index (χ0) is 17.5. The molecule has 0 fully saturated rings. The Labute approximate surface area is 141 Å². The molecule has 1 heterocycles. The van der Waals surface area contributed by atoms with E-state index in [0.717, 1.165) is 24.8 Å². The summed E-state index contributed by atoms with van der Waals surface area (Å²) in [6.45, 7) is 1.36. The molecule has 1 N–H and O–H groups in total. The average molecular weight is 348 g/mol. The van der Waals surface area contributed by atoms with Crippen LogP contribution in [-0.4, -0.2) is 53.8 Å². The first kappa shape index (κ1) is 16.6. The summed E-state index contributed by atoms with van der Waals surface area (Å²) in [4.78, 5) is 17.3. The molecule has 0 spiro atoms. The summed E-state index contributed by atoms with van der Waals surface area (Å²) >= 11 is 0. The van der Waals surface area contributed by atoms with Gasteiger partial charge in [0, 0.05) is 19.7 Å². The van der Waals surface area contributed by atoms with Gasteiger partial charge >= 0.3 is 0 Å². The average Bonchev–Trinajstić information content (AvgIpc) is 3.21. The summed E-state index contributed by atoms with van der Waals surface area (Å²) < 4.78 is 25.1. The molecular formula is C16H20N4O3S. The summed E-state index contributed by atoms with van der Waals surface area (Å²) in [5.74, 6) is -0.168. The van der Waals surface area contributed by atoms with Crippen molar-refractivity contribution in [3.8, 4) is 11.4 Å². The predicted molar refractivity (Wildman–Crippen MR) is 89.2 cm³/mol. The summed E-state index contributed by atoms with van der Waals surface area (Å²) in [6, 6.07) is 5.95. The van der Waals surface area contributed by atoms with Crippen LogP contribution < -0.4 is 0 Å². The fourth-order valence-electron chi connectivity index (χ4n) is 2.88. The van der Waals surface area contributed by atoms with Gasteiger partial charge in [0.05, 0.1) is 0 Å². The minimum atomic E-state index is -3.90. The van der Waals surface area contributed by atoms with E-state index in [1.807, 2.05) is 18.2 Å². The van der Waals surface area contributed by atoms with Crippen LogP contribution in [0.2, 0.25) is 0 Å². The topological polar surface area (TPSA) is 96.0 Å². The SMILES string of the molecule is C[C@@H](C(=O)N(C)C)S(=O)(=O)c1nc(-c2ccc3c(c2)CCC3)n[nH]1. The van der Waals surface area contributed by atoms with Gasteiger partial charge in [-0.3, -0.25) is 4.79 Å². The summed E-state index contributed by atoms with van der Waals surface area (Å²) in [7, 11) is -0.865. The maximum atomic E-state index is 12.5. The number of H-pyrrole nitrogens is 1. The third-order valence-corrected chi connectivity index (χ3v) is 6.20. The van der Waals surface area contributed by atoms with Crippen LogP contribution in [0, 0.1) is 0 Å². The Bertz CT molecular complexity index is 886. The van der Waals surface area contributed by atoms with Gasteiger partial charge in [-0.15, -0.1) is 0 Å². The highest BCUT2D eigenvalue weighted by Gasteiger charge is 2.33. The lowest BCUT2D eigenvalue weighted by Gasteiger charge is -2.15. The number of aryl methyl sites for hydroxylation is 2. The van der Waals surface area contributed by atoms with E-state index >= 15 is 0 Å². The van der Waals surface area contributed by atoms with Gasteiger partial charge in [0.2, 0.25) is 20.9 Å². The Hall–Kier alpha value is -2.22. The molecule has 1 aliphatic rings. The highest BCUT2D eigenvalue weighted by atomic mass is 32.2. The Balaban J connectivity index is 1.92. The van der Waals surface area contributed by atoms with E-state index in [2.05, 4.69) is 15.2 Å². The molecule has 1 amide bonds. The van der Waals surface area contributed by atoms with Gasteiger partial charge in [-0.05, 0) is 43.4 Å². The number of amides is 1. The molecule has 0 bridgehead atoms. The van der Waals surface area contributed by atoms with Crippen LogP contribution in [0.1, 0.15) is 24.5 Å². The quantitative estimate of drug-likeness (QED) is 0.896. The number of benzene rings is 1. The molecule has 7 nitrogen and oxygen atoms in total. The normalized spacial score (nSPS) is 15.1. The van der Waals surface area contributed by atoms with Crippen molar-refractivity contribution in [2.45, 2.75) is 36.6 Å². The molecule has 1 atom stereocenters. The minimum Gasteiger partial charge on any atom is -0.348 e. The largest absolute Gasteiger partial charge is 0.348 e. The number of carbonyl (C=O) groups excluding carboxylic acids is 1. The summed E-state index contributed by atoms with van der Waals surface area (Å²) in [6.07, 6.45) is 3.23. The lowest BCUT2D eigenvalue weighted by Crippen LogP contribution is -2.37. The van der Waals surface area contributed by atoms with E-state index in [0.29, 0.717) is 5.82 Å². The zero-order valence-corrected chi connectivity index (χ0v) is 14.7. The first-order valence-electron chi connectivity index (χ1n) is 7.80. The highest BCUT2D eigenvalue weighted by Crippen LogP contribution is 2.27. The Morgan fingerprint density at radius 2 is 1.96 bits per heavy atom. The van der Waals surface area contributed by atoms with Crippen LogP contribution >= 0.6 is 0 Å². The molecule has 0 aliphatic heterocycles. The highest BCUT2D eigenvalue weighted by molar-refractivity contribution is 7.92. The van der Waals surface area contributed by atoms with Crippen LogP contribution in [0.4, 0.5) is 0 Å². The number of nitrogens with zero attached hydrogens (tertiary/aromatic N) is 3. The molecule has 3 rings (SSSR count). The Morgan fingerprint density at radius 1 is 1.25 bits per heavy atom. The van der Waals surface area contributed by atoms with Crippen molar-refractivity contribution in [3.63, 3.8) is 0 Å². The number of hydrogen-bond acceptors (Lipinski definition) is 5. The van der Waals surface area contributed by atoms with Crippen molar-refractivity contribution in [1.82, 2.24) is 20.1 Å². The van der Waals surface area contributed by atoms with Gasteiger partial charge in [0.25, 0.3) is 0 Å². The number of aromatic amines is 1. The third kappa shape index (κ3) is 2.82. The van der Waals surface area contributed by atoms with Crippen molar-refractivity contribution in [3.05, 3.63) is 29.3 Å². The minimum absolute atomic E-state index is 0.277. The van der Waals surface area contributed by atoms with Crippen LogP contribution in [0.3, 0.4) is 0 Å². The molecule has 0 saturated carbocycles. The van der Waals surface area contributed by atoms with Crippen molar-refractivity contribution in [2.75, 3.05) is 14.1 Å². The maximum Gasteiger partial charge on any atom is 0.244 e. The van der Waals surface area contributed by atoms with Crippen LogP contribution in [0.25, 0.3) is 11.4 Å². The van der Waals surface area contributed by atoms with Gasteiger partial charge < -0.3 is 4.90 Å². The third-order valence-electron chi connectivity index (χ3n) is 4.35. The molecule has 1 aromatic carbocycles. The second kappa shape index (κ2) is 6.01. The zero-order valence-electron chi connectivity index (χ0n) is 13.9. The number of rotatable bonds is 4. The van der Waals surface area contributed by atoms with Crippen molar-refractivity contribution < 1.29 is 13.2 Å². The molecule has 2 aromatic rings. The fourth-order valence-corrected chi connectivity index (χ4v) is 4.08. The standard InChI is InChI=1S/C16H20N4O3S/c1-10(15(21)20(2)3)24(22,23)16-17-14(18-19-16)13-8-7-11-5-4-6-12(11)9-13/h7-10H,4-6H2,1-3H3,(H,17,18,19)/t10-/m0/s1. The van der Waals surface area contributed by atoms with Crippen molar-refractivity contribution >= 4 is 15.7 Å². The van der Waals surface area contributed by atoms with E-state index in [9.17, 15) is 13.2 Å². The molecule has 0 unspecified atom stereocenters. The van der Waals surface area contributed by atoms with Crippen molar-refractivity contribution in [2.24, 2.45) is 0 Å². The number of aromatic nitrogens is 3. The second-order valence-corrected chi connectivity index (χ2v) is 8.40. The fraction of sp³-hybridized carbons (Fsp3) is 0.438. The predicted octanol–water partition coefficient (Wildman–Crippen LogP) is 1.21. The van der Waals surface area contributed by atoms with E-state index in [1.165, 1.54) is 37.0 Å². The van der Waals surface area contributed by atoms with Gasteiger partial charge in [0.15, 0.2) is 5.82 Å². The number of fused-ring (bicyclic) bond motifs is 1. The number of nitrogens with one attached hydrogen (secondary N) is 1. The molecular weight excluding hydrogens is 328 g/mol. The van der Waals surface area contributed by atoms with E-state index in [-0.39, 0.29) is 5.16 Å². The van der Waals surface area contributed by atoms with Crippen LogP contribution in [0.5, 0.6) is 0 Å². The molecule has 1 aliphatic carbocycles.